The summed E-state index contributed by atoms with van der Waals surface area (Å²) in [6.07, 6.45) is 0.623. The van der Waals surface area contributed by atoms with Gasteiger partial charge in [0.05, 0.1) is 5.02 Å². The summed E-state index contributed by atoms with van der Waals surface area (Å²) < 4.78 is 26.3. The van der Waals surface area contributed by atoms with Gasteiger partial charge in [0.1, 0.15) is 11.6 Å². The average molecular weight is 220 g/mol. The molecule has 0 aliphatic rings. The van der Waals surface area contributed by atoms with Crippen LogP contribution in [0.5, 0.6) is 0 Å². The number of hydrogen-bond acceptors (Lipinski definition) is 1. The standard InChI is InChI=1S/C10H12ClF2N/c1-6(2-3-14)7-4-10(13)8(11)5-9(7)12/h4-6H,2-3,14H2,1H3. The van der Waals surface area contributed by atoms with Gasteiger partial charge in [-0.3, -0.25) is 0 Å². The first-order valence-corrected chi connectivity index (χ1v) is 4.78. The van der Waals surface area contributed by atoms with Crippen molar-refractivity contribution in [2.45, 2.75) is 19.3 Å². The first kappa shape index (κ1) is 11.4. The van der Waals surface area contributed by atoms with E-state index in [9.17, 15) is 8.78 Å². The number of rotatable bonds is 3. The molecule has 78 valence electrons. The quantitative estimate of drug-likeness (QED) is 0.777. The Hall–Kier alpha value is -0.670. The molecule has 4 heteroatoms. The predicted molar refractivity (Wildman–Crippen MR) is 53.5 cm³/mol. The van der Waals surface area contributed by atoms with Crippen LogP contribution in [0.2, 0.25) is 5.02 Å². The minimum absolute atomic E-state index is 0.0910. The van der Waals surface area contributed by atoms with Crippen molar-refractivity contribution in [1.82, 2.24) is 0 Å². The first-order chi connectivity index (χ1) is 6.56. The molecule has 0 aliphatic heterocycles. The second kappa shape index (κ2) is 4.71. The van der Waals surface area contributed by atoms with Crippen molar-refractivity contribution in [1.29, 1.82) is 0 Å². The Labute approximate surface area is 86.9 Å². The number of benzene rings is 1. The lowest BCUT2D eigenvalue weighted by atomic mass is 9.97. The van der Waals surface area contributed by atoms with Crippen LogP contribution in [0.3, 0.4) is 0 Å². The molecule has 0 aliphatic carbocycles. The average Bonchev–Trinajstić information content (AvgIpc) is 2.11. The van der Waals surface area contributed by atoms with Gasteiger partial charge in [0, 0.05) is 0 Å². The maximum Gasteiger partial charge on any atom is 0.142 e. The van der Waals surface area contributed by atoms with Crippen LogP contribution in [0.25, 0.3) is 0 Å². The van der Waals surface area contributed by atoms with Crippen LogP contribution >= 0.6 is 11.6 Å². The molecule has 0 heterocycles. The highest BCUT2D eigenvalue weighted by Crippen LogP contribution is 2.26. The molecule has 0 fully saturated rings. The lowest BCUT2D eigenvalue weighted by Gasteiger charge is -2.11. The van der Waals surface area contributed by atoms with Crippen molar-refractivity contribution in [3.8, 4) is 0 Å². The summed E-state index contributed by atoms with van der Waals surface area (Å²) in [5, 5.41) is -0.189. The first-order valence-electron chi connectivity index (χ1n) is 4.40. The smallest absolute Gasteiger partial charge is 0.142 e. The van der Waals surface area contributed by atoms with E-state index in [1.807, 2.05) is 0 Å². The minimum atomic E-state index is -0.591. The molecule has 1 aromatic rings. The number of halogens is 3. The van der Waals surface area contributed by atoms with Crippen LogP contribution in [0.4, 0.5) is 8.78 Å². The SMILES string of the molecule is CC(CCN)c1cc(F)c(Cl)cc1F. The van der Waals surface area contributed by atoms with Crippen molar-refractivity contribution in [2.75, 3.05) is 6.54 Å². The molecule has 0 amide bonds. The van der Waals surface area contributed by atoms with Gasteiger partial charge < -0.3 is 5.73 Å². The molecule has 2 N–H and O–H groups in total. The molecule has 0 radical (unpaired) electrons. The van der Waals surface area contributed by atoms with Crippen LogP contribution in [-0.2, 0) is 0 Å². The molecule has 0 saturated heterocycles. The monoisotopic (exact) mass is 219 g/mol. The van der Waals surface area contributed by atoms with Crippen molar-refractivity contribution >= 4 is 11.6 Å². The van der Waals surface area contributed by atoms with E-state index in [0.29, 0.717) is 18.5 Å². The van der Waals surface area contributed by atoms with Gasteiger partial charge in [0.15, 0.2) is 0 Å². The summed E-state index contributed by atoms with van der Waals surface area (Å²) in [6, 6.07) is 2.14. The Morgan fingerprint density at radius 2 is 2.00 bits per heavy atom. The van der Waals surface area contributed by atoms with E-state index in [2.05, 4.69) is 0 Å². The minimum Gasteiger partial charge on any atom is -0.330 e. The summed E-state index contributed by atoms with van der Waals surface area (Å²) >= 11 is 5.43. The van der Waals surface area contributed by atoms with E-state index < -0.39 is 11.6 Å². The zero-order chi connectivity index (χ0) is 10.7. The van der Waals surface area contributed by atoms with Gasteiger partial charge in [0.25, 0.3) is 0 Å². The van der Waals surface area contributed by atoms with E-state index in [0.717, 1.165) is 12.1 Å². The van der Waals surface area contributed by atoms with Crippen LogP contribution in [0.1, 0.15) is 24.8 Å². The summed E-state index contributed by atoms with van der Waals surface area (Å²) in [7, 11) is 0. The second-order valence-electron chi connectivity index (χ2n) is 3.27. The predicted octanol–water partition coefficient (Wildman–Crippen LogP) is 3.07. The van der Waals surface area contributed by atoms with Crippen molar-refractivity contribution in [3.63, 3.8) is 0 Å². The van der Waals surface area contributed by atoms with E-state index in [4.69, 9.17) is 17.3 Å². The second-order valence-corrected chi connectivity index (χ2v) is 3.67. The molecule has 1 atom stereocenters. The van der Waals surface area contributed by atoms with Gasteiger partial charge in [-0.05, 0) is 36.6 Å². The molecule has 1 rings (SSSR count). The fourth-order valence-corrected chi connectivity index (χ4v) is 1.47. The summed E-state index contributed by atoms with van der Waals surface area (Å²) in [5.74, 6) is -1.16. The van der Waals surface area contributed by atoms with Crippen LogP contribution in [0.15, 0.2) is 12.1 Å². The molecule has 1 nitrogen and oxygen atoms in total. The van der Waals surface area contributed by atoms with Gasteiger partial charge in [0.2, 0.25) is 0 Å². The lowest BCUT2D eigenvalue weighted by molar-refractivity contribution is 0.559. The largest absolute Gasteiger partial charge is 0.330 e. The molecule has 0 bridgehead atoms. The Morgan fingerprint density at radius 1 is 1.36 bits per heavy atom. The van der Waals surface area contributed by atoms with Crippen LogP contribution < -0.4 is 5.73 Å². The van der Waals surface area contributed by atoms with Gasteiger partial charge >= 0.3 is 0 Å². The van der Waals surface area contributed by atoms with Crippen LogP contribution in [-0.4, -0.2) is 6.54 Å². The zero-order valence-corrected chi connectivity index (χ0v) is 8.61. The Balaban J connectivity index is 3.02. The maximum absolute atomic E-state index is 13.3. The molecule has 1 aromatic carbocycles. The molecule has 14 heavy (non-hydrogen) atoms. The lowest BCUT2D eigenvalue weighted by Crippen LogP contribution is -2.06. The molecular formula is C10H12ClF2N. The number of nitrogens with two attached hydrogens (primary N) is 1. The molecule has 0 aromatic heterocycles. The molecule has 0 saturated carbocycles. The van der Waals surface area contributed by atoms with E-state index in [1.165, 1.54) is 0 Å². The fourth-order valence-electron chi connectivity index (χ4n) is 1.32. The third kappa shape index (κ3) is 2.42. The zero-order valence-electron chi connectivity index (χ0n) is 7.86. The Kier molecular flexibility index (Phi) is 3.84. The van der Waals surface area contributed by atoms with Crippen molar-refractivity contribution < 1.29 is 8.78 Å². The third-order valence-corrected chi connectivity index (χ3v) is 2.46. The highest BCUT2D eigenvalue weighted by Gasteiger charge is 2.13. The van der Waals surface area contributed by atoms with E-state index in [1.54, 1.807) is 6.92 Å². The highest BCUT2D eigenvalue weighted by molar-refractivity contribution is 6.30. The van der Waals surface area contributed by atoms with Crippen LogP contribution in [0, 0.1) is 11.6 Å². The summed E-state index contributed by atoms with van der Waals surface area (Å²) in [5.41, 5.74) is 5.67. The normalized spacial score (nSPS) is 12.9. The maximum atomic E-state index is 13.3. The van der Waals surface area contributed by atoms with Gasteiger partial charge in [-0.25, -0.2) is 8.78 Å². The molecular weight excluding hydrogens is 208 g/mol. The Bertz CT molecular complexity index is 328. The fraction of sp³-hybridized carbons (Fsp3) is 0.400. The summed E-state index contributed by atoms with van der Waals surface area (Å²) in [6.45, 7) is 2.25. The number of hydrogen-bond donors (Lipinski definition) is 1. The Morgan fingerprint density at radius 3 is 2.57 bits per heavy atom. The van der Waals surface area contributed by atoms with E-state index in [-0.39, 0.29) is 10.9 Å². The third-order valence-electron chi connectivity index (χ3n) is 2.17. The highest BCUT2D eigenvalue weighted by atomic mass is 35.5. The van der Waals surface area contributed by atoms with Crippen molar-refractivity contribution in [2.24, 2.45) is 5.73 Å². The topological polar surface area (TPSA) is 26.0 Å². The van der Waals surface area contributed by atoms with Gasteiger partial charge in [-0.2, -0.15) is 0 Å². The van der Waals surface area contributed by atoms with Crippen molar-refractivity contribution in [3.05, 3.63) is 34.4 Å². The molecule has 0 spiro atoms. The molecule has 1 unspecified atom stereocenters. The summed E-state index contributed by atoms with van der Waals surface area (Å²) in [4.78, 5) is 0. The van der Waals surface area contributed by atoms with Gasteiger partial charge in [-0.1, -0.05) is 18.5 Å². The van der Waals surface area contributed by atoms with Gasteiger partial charge in [-0.15, -0.1) is 0 Å². The van der Waals surface area contributed by atoms with E-state index >= 15 is 0 Å².